The Morgan fingerprint density at radius 1 is 1.40 bits per heavy atom. The maximum absolute atomic E-state index is 11.4. The Morgan fingerprint density at radius 3 is 2.27 bits per heavy atom. The van der Waals surface area contributed by atoms with Crippen LogP contribution in [-0.4, -0.2) is 23.0 Å². The van der Waals surface area contributed by atoms with Crippen molar-refractivity contribution in [3.05, 3.63) is 0 Å². The van der Waals surface area contributed by atoms with Gasteiger partial charge in [-0.05, 0) is 25.7 Å². The monoisotopic (exact) mass is 215 g/mol. The Labute approximate surface area is 91.3 Å². The van der Waals surface area contributed by atoms with Gasteiger partial charge in [-0.1, -0.05) is 25.9 Å². The van der Waals surface area contributed by atoms with E-state index in [4.69, 9.17) is 9.94 Å². The molecule has 0 rings (SSSR count). The molecule has 0 radical (unpaired) electrons. The van der Waals surface area contributed by atoms with Crippen molar-refractivity contribution in [2.24, 2.45) is 10.6 Å². The summed E-state index contributed by atoms with van der Waals surface area (Å²) in [7, 11) is 0. The molecule has 0 unspecified atom stereocenters. The van der Waals surface area contributed by atoms with Crippen LogP contribution < -0.4 is 0 Å². The fraction of sp³-hybridized carbons (Fsp3) is 0.818. The van der Waals surface area contributed by atoms with Crippen LogP contribution in [0.3, 0.4) is 0 Å². The van der Waals surface area contributed by atoms with Crippen molar-refractivity contribution in [3.8, 4) is 0 Å². The molecular weight excluding hydrogens is 194 g/mol. The summed E-state index contributed by atoms with van der Waals surface area (Å²) in [5.74, 6) is -0.531. The third kappa shape index (κ3) is 6.94. The van der Waals surface area contributed by atoms with E-state index in [-0.39, 0.29) is 17.2 Å². The molecule has 0 aromatic carbocycles. The molecule has 1 N–H and O–H groups in total. The number of esters is 1. The second-order valence-electron chi connectivity index (χ2n) is 5.06. The molecule has 0 bridgehead atoms. The minimum absolute atomic E-state index is 0.0959. The van der Waals surface area contributed by atoms with Crippen molar-refractivity contribution >= 4 is 11.7 Å². The van der Waals surface area contributed by atoms with Gasteiger partial charge >= 0.3 is 5.97 Å². The van der Waals surface area contributed by atoms with E-state index >= 15 is 0 Å². The summed E-state index contributed by atoms with van der Waals surface area (Å²) in [5, 5.41) is 11.7. The lowest BCUT2D eigenvalue weighted by molar-refractivity contribution is -0.139. The van der Waals surface area contributed by atoms with E-state index in [1.807, 2.05) is 0 Å². The Hall–Kier alpha value is -1.06. The molecule has 0 saturated heterocycles. The lowest BCUT2D eigenvalue weighted by Crippen LogP contribution is -2.22. The van der Waals surface area contributed by atoms with E-state index in [0.29, 0.717) is 6.42 Å². The Balaban J connectivity index is 4.22. The molecule has 0 saturated carbocycles. The van der Waals surface area contributed by atoms with Crippen LogP contribution in [0, 0.1) is 5.41 Å². The van der Waals surface area contributed by atoms with Gasteiger partial charge in [-0.3, -0.25) is 0 Å². The van der Waals surface area contributed by atoms with E-state index in [1.165, 1.54) is 0 Å². The van der Waals surface area contributed by atoms with Crippen LogP contribution >= 0.6 is 0 Å². The molecule has 0 amide bonds. The van der Waals surface area contributed by atoms with Crippen LogP contribution in [0.1, 0.15) is 47.5 Å². The molecule has 0 aliphatic carbocycles. The van der Waals surface area contributed by atoms with Gasteiger partial charge in [-0.2, -0.15) is 0 Å². The molecule has 0 aromatic rings. The number of hydrogen-bond acceptors (Lipinski definition) is 4. The smallest absolute Gasteiger partial charge is 0.356 e. The molecule has 0 atom stereocenters. The average molecular weight is 215 g/mol. The van der Waals surface area contributed by atoms with E-state index in [9.17, 15) is 4.79 Å². The minimum atomic E-state index is -0.531. The molecule has 0 fully saturated rings. The molecule has 4 heteroatoms. The zero-order valence-electron chi connectivity index (χ0n) is 10.2. The van der Waals surface area contributed by atoms with Crippen molar-refractivity contribution in [2.75, 3.05) is 0 Å². The molecule has 0 aliphatic rings. The van der Waals surface area contributed by atoms with Gasteiger partial charge in [-0.15, -0.1) is 0 Å². The van der Waals surface area contributed by atoms with Crippen molar-refractivity contribution in [2.45, 2.75) is 53.6 Å². The zero-order valence-corrected chi connectivity index (χ0v) is 10.2. The van der Waals surface area contributed by atoms with Gasteiger partial charge in [0.15, 0.2) is 5.71 Å². The fourth-order valence-corrected chi connectivity index (χ4v) is 0.968. The molecule has 0 aliphatic heterocycles. The quantitative estimate of drug-likeness (QED) is 0.339. The highest BCUT2D eigenvalue weighted by molar-refractivity contribution is 6.36. The summed E-state index contributed by atoms with van der Waals surface area (Å²) in [5.41, 5.74) is 0.201. The highest BCUT2D eigenvalue weighted by Gasteiger charge is 2.19. The maximum atomic E-state index is 11.4. The first-order chi connectivity index (χ1) is 6.76. The van der Waals surface area contributed by atoms with Crippen LogP contribution in [0.4, 0.5) is 0 Å². The van der Waals surface area contributed by atoms with Gasteiger partial charge in [0.25, 0.3) is 0 Å². The third-order valence-corrected chi connectivity index (χ3v) is 1.81. The number of ether oxygens (including phenoxy) is 1. The molecular formula is C11H21NO3. The molecule has 15 heavy (non-hydrogen) atoms. The number of carbonyl (C=O) groups is 1. The van der Waals surface area contributed by atoms with E-state index < -0.39 is 5.97 Å². The van der Waals surface area contributed by atoms with Gasteiger partial charge in [0, 0.05) is 6.42 Å². The van der Waals surface area contributed by atoms with Crippen molar-refractivity contribution in [1.29, 1.82) is 0 Å². The van der Waals surface area contributed by atoms with Gasteiger partial charge in [0.1, 0.15) is 0 Å². The maximum Gasteiger partial charge on any atom is 0.356 e. The van der Waals surface area contributed by atoms with Crippen molar-refractivity contribution < 1.29 is 14.7 Å². The number of carbonyl (C=O) groups excluding carboxylic acids is 1. The lowest BCUT2D eigenvalue weighted by atomic mass is 9.89. The van der Waals surface area contributed by atoms with Crippen molar-refractivity contribution in [3.63, 3.8) is 0 Å². The first kappa shape index (κ1) is 13.9. The lowest BCUT2D eigenvalue weighted by Gasteiger charge is -2.17. The summed E-state index contributed by atoms with van der Waals surface area (Å²) in [6.45, 7) is 9.72. The molecule has 0 spiro atoms. The predicted molar refractivity (Wildman–Crippen MR) is 59.1 cm³/mol. The third-order valence-electron chi connectivity index (χ3n) is 1.81. The first-order valence-electron chi connectivity index (χ1n) is 5.18. The van der Waals surface area contributed by atoms with Gasteiger partial charge in [0.2, 0.25) is 0 Å². The first-order valence-corrected chi connectivity index (χ1v) is 5.18. The normalized spacial score (nSPS) is 13.1. The summed E-state index contributed by atoms with van der Waals surface area (Å²) in [6.07, 6.45) is 1.02. The van der Waals surface area contributed by atoms with Crippen LogP contribution in [0.15, 0.2) is 5.16 Å². The van der Waals surface area contributed by atoms with Crippen LogP contribution in [0.25, 0.3) is 0 Å². The summed E-state index contributed by atoms with van der Waals surface area (Å²) in [6, 6.07) is 0. The zero-order chi connectivity index (χ0) is 12.1. The van der Waals surface area contributed by atoms with E-state index in [2.05, 4.69) is 25.9 Å². The second kappa shape index (κ2) is 5.73. The fourth-order valence-electron chi connectivity index (χ4n) is 0.968. The van der Waals surface area contributed by atoms with Crippen LogP contribution in [0.5, 0.6) is 0 Å². The van der Waals surface area contributed by atoms with Gasteiger partial charge < -0.3 is 9.94 Å². The molecule has 4 nitrogen and oxygen atoms in total. The van der Waals surface area contributed by atoms with Crippen molar-refractivity contribution in [1.82, 2.24) is 0 Å². The summed E-state index contributed by atoms with van der Waals surface area (Å²) in [4.78, 5) is 11.4. The van der Waals surface area contributed by atoms with Crippen LogP contribution in [-0.2, 0) is 9.53 Å². The van der Waals surface area contributed by atoms with E-state index in [0.717, 1.165) is 6.42 Å². The average Bonchev–Trinajstić information content (AvgIpc) is 2.01. The molecule has 88 valence electrons. The Morgan fingerprint density at radius 2 is 1.93 bits per heavy atom. The Bertz CT molecular complexity index is 239. The van der Waals surface area contributed by atoms with Gasteiger partial charge in [-0.25, -0.2) is 4.79 Å². The van der Waals surface area contributed by atoms with Crippen LogP contribution in [0.2, 0.25) is 0 Å². The standard InChI is InChI=1S/C11H21NO3/c1-8(2)15-10(13)9(12-14)6-7-11(3,4)5/h8,14H,6-7H2,1-5H3/b12-9-. The summed E-state index contributed by atoms with van der Waals surface area (Å²) >= 11 is 0. The predicted octanol–water partition coefficient (Wildman–Crippen LogP) is 2.59. The van der Waals surface area contributed by atoms with E-state index in [1.54, 1.807) is 13.8 Å². The summed E-state index contributed by atoms with van der Waals surface area (Å²) < 4.78 is 4.94. The highest BCUT2D eigenvalue weighted by Crippen LogP contribution is 2.21. The topological polar surface area (TPSA) is 58.9 Å². The molecule has 0 aromatic heterocycles. The number of rotatable bonds is 4. The Kier molecular flexibility index (Phi) is 5.33. The second-order valence-corrected chi connectivity index (χ2v) is 5.06. The largest absolute Gasteiger partial charge is 0.458 e. The minimum Gasteiger partial charge on any atom is -0.458 e. The highest BCUT2D eigenvalue weighted by atomic mass is 16.5. The number of oxime groups is 1. The number of nitrogens with zero attached hydrogens (tertiary/aromatic N) is 1. The number of hydrogen-bond donors (Lipinski definition) is 1. The SMILES string of the molecule is CC(C)OC(=O)/C(CCC(C)(C)C)=N\O. The van der Waals surface area contributed by atoms with Gasteiger partial charge in [0.05, 0.1) is 6.10 Å². The molecule has 0 heterocycles.